The average Bonchev–Trinajstić information content (AvgIpc) is 2.77. The van der Waals surface area contributed by atoms with Crippen LogP contribution in [-0.4, -0.2) is 36.9 Å². The van der Waals surface area contributed by atoms with Crippen LogP contribution >= 0.6 is 0 Å². The van der Waals surface area contributed by atoms with Crippen LogP contribution in [0.5, 0.6) is 0 Å². The van der Waals surface area contributed by atoms with E-state index in [1.807, 2.05) is 18.8 Å². The maximum atomic E-state index is 5.85. The highest BCUT2D eigenvalue weighted by atomic mass is 28.2. The lowest BCUT2D eigenvalue weighted by Crippen LogP contribution is -2.27. The maximum Gasteiger partial charge on any atom is 0.145 e. The minimum absolute atomic E-state index is 0.277. The van der Waals surface area contributed by atoms with Gasteiger partial charge in [-0.3, -0.25) is 0 Å². The van der Waals surface area contributed by atoms with Gasteiger partial charge < -0.3 is 18.6 Å². The SMILES string of the molecule is CCC=COCCCCC(CCCCOC=CCC)(CCCCOC=CCC)CO[SiH3]. The molecule has 0 aromatic carbocycles. The van der Waals surface area contributed by atoms with Crippen LogP contribution in [-0.2, 0) is 18.6 Å². The molecule has 0 saturated carbocycles. The van der Waals surface area contributed by atoms with Crippen molar-refractivity contribution in [3.8, 4) is 0 Å². The van der Waals surface area contributed by atoms with Crippen molar-refractivity contribution >= 4 is 10.5 Å². The number of unbranched alkanes of at least 4 members (excludes halogenated alkanes) is 3. The van der Waals surface area contributed by atoms with Crippen LogP contribution in [0.2, 0.25) is 0 Å². The molecule has 31 heavy (non-hydrogen) atoms. The molecule has 0 aliphatic carbocycles. The van der Waals surface area contributed by atoms with E-state index in [0.717, 1.165) is 75.4 Å². The highest BCUT2D eigenvalue weighted by molar-refractivity contribution is 5.97. The van der Waals surface area contributed by atoms with E-state index in [9.17, 15) is 0 Å². The molecule has 0 heterocycles. The second-order valence-corrected chi connectivity index (χ2v) is 8.83. The first-order valence-corrected chi connectivity index (χ1v) is 13.3. The van der Waals surface area contributed by atoms with Gasteiger partial charge in [-0.05, 0) is 82.5 Å². The summed E-state index contributed by atoms with van der Waals surface area (Å²) in [5, 5.41) is 0. The zero-order chi connectivity index (χ0) is 22.9. The Morgan fingerprint density at radius 3 is 1.23 bits per heavy atom. The summed E-state index contributed by atoms with van der Waals surface area (Å²) in [4.78, 5) is 0. The summed E-state index contributed by atoms with van der Waals surface area (Å²) < 4.78 is 22.6. The molecular weight excluding hydrogens is 404 g/mol. The summed E-state index contributed by atoms with van der Waals surface area (Å²) >= 11 is 0. The number of allylic oxidation sites excluding steroid dienone is 3. The third-order valence-corrected chi connectivity index (χ3v) is 5.68. The summed E-state index contributed by atoms with van der Waals surface area (Å²) in [6.45, 7) is 9.69. The molecule has 0 fully saturated rings. The van der Waals surface area contributed by atoms with Gasteiger partial charge in [-0.2, -0.15) is 0 Å². The molecule has 0 unspecified atom stereocenters. The van der Waals surface area contributed by atoms with Crippen molar-refractivity contribution in [2.75, 3.05) is 26.4 Å². The number of rotatable bonds is 23. The fraction of sp³-hybridized carbons (Fsp3) is 0.769. The molecule has 182 valence electrons. The molecule has 0 aromatic rings. The molecule has 0 saturated heterocycles. The lowest BCUT2D eigenvalue weighted by Gasteiger charge is -2.34. The molecule has 0 bridgehead atoms. The van der Waals surface area contributed by atoms with Crippen LogP contribution < -0.4 is 0 Å². The number of hydrogen-bond donors (Lipinski definition) is 0. The molecule has 4 nitrogen and oxygen atoms in total. The van der Waals surface area contributed by atoms with Crippen molar-refractivity contribution in [1.29, 1.82) is 0 Å². The van der Waals surface area contributed by atoms with Gasteiger partial charge in [0.1, 0.15) is 10.5 Å². The van der Waals surface area contributed by atoms with Gasteiger partial charge in [0.05, 0.1) is 38.6 Å². The molecule has 0 N–H and O–H groups in total. The zero-order valence-corrected chi connectivity index (χ0v) is 22.9. The molecular formula is C26H50O4Si. The Morgan fingerprint density at radius 1 is 0.581 bits per heavy atom. The van der Waals surface area contributed by atoms with Gasteiger partial charge in [0.2, 0.25) is 0 Å². The quantitative estimate of drug-likeness (QED) is 0.0990. The van der Waals surface area contributed by atoms with Crippen LogP contribution in [0.1, 0.15) is 97.8 Å². The molecule has 0 aliphatic heterocycles. The molecule has 0 spiro atoms. The lowest BCUT2D eigenvalue weighted by atomic mass is 9.75. The highest BCUT2D eigenvalue weighted by Gasteiger charge is 2.28. The third kappa shape index (κ3) is 19.2. The minimum Gasteiger partial charge on any atom is -0.502 e. The van der Waals surface area contributed by atoms with Gasteiger partial charge in [0, 0.05) is 6.61 Å². The number of hydrogen-bond acceptors (Lipinski definition) is 4. The molecule has 0 amide bonds. The van der Waals surface area contributed by atoms with E-state index >= 15 is 0 Å². The summed E-state index contributed by atoms with van der Waals surface area (Å²) in [6, 6.07) is 0. The summed E-state index contributed by atoms with van der Waals surface area (Å²) in [7, 11) is 0.802. The van der Waals surface area contributed by atoms with Crippen molar-refractivity contribution in [3.63, 3.8) is 0 Å². The fourth-order valence-electron chi connectivity index (χ4n) is 3.65. The first kappa shape index (κ1) is 29.8. The van der Waals surface area contributed by atoms with Gasteiger partial charge in [-0.15, -0.1) is 0 Å². The predicted octanol–water partition coefficient (Wildman–Crippen LogP) is 6.60. The summed E-state index contributed by atoms with van der Waals surface area (Å²) in [5.41, 5.74) is 0.277. The van der Waals surface area contributed by atoms with Crippen molar-refractivity contribution in [2.45, 2.75) is 97.8 Å². The van der Waals surface area contributed by atoms with Crippen molar-refractivity contribution in [1.82, 2.24) is 0 Å². The van der Waals surface area contributed by atoms with E-state index in [4.69, 9.17) is 18.6 Å². The minimum atomic E-state index is 0.277. The van der Waals surface area contributed by atoms with E-state index < -0.39 is 0 Å². The topological polar surface area (TPSA) is 36.9 Å². The molecule has 5 heteroatoms. The first-order valence-electron chi connectivity index (χ1n) is 12.5. The Balaban J connectivity index is 4.53. The van der Waals surface area contributed by atoms with Gasteiger partial charge in [0.15, 0.2) is 0 Å². The molecule has 0 rings (SSSR count). The first-order chi connectivity index (χ1) is 15.2. The van der Waals surface area contributed by atoms with Crippen molar-refractivity contribution in [3.05, 3.63) is 37.0 Å². The van der Waals surface area contributed by atoms with E-state index in [1.54, 1.807) is 0 Å². The van der Waals surface area contributed by atoms with Gasteiger partial charge in [-0.25, -0.2) is 0 Å². The van der Waals surface area contributed by atoms with Crippen LogP contribution in [0.15, 0.2) is 37.0 Å². The van der Waals surface area contributed by atoms with Gasteiger partial charge in [-0.1, -0.05) is 39.0 Å². The number of ether oxygens (including phenoxy) is 3. The van der Waals surface area contributed by atoms with Crippen LogP contribution in [0.4, 0.5) is 0 Å². The summed E-state index contributed by atoms with van der Waals surface area (Å²) in [5.74, 6) is 0. The van der Waals surface area contributed by atoms with Crippen LogP contribution in [0, 0.1) is 5.41 Å². The highest BCUT2D eigenvalue weighted by Crippen LogP contribution is 2.37. The third-order valence-electron chi connectivity index (χ3n) is 5.39. The molecule has 0 radical (unpaired) electrons. The Labute approximate surface area is 196 Å². The predicted molar refractivity (Wildman–Crippen MR) is 136 cm³/mol. The lowest BCUT2D eigenvalue weighted by molar-refractivity contribution is 0.0988. The summed E-state index contributed by atoms with van der Waals surface area (Å²) in [6.07, 6.45) is 25.3. The maximum absolute atomic E-state index is 5.85. The fourth-order valence-corrected chi connectivity index (χ4v) is 4.26. The standard InChI is InChI=1S/C26H50O4Si/c1-4-7-19-27-22-13-10-16-26(25-30-31,17-11-14-23-28-20-8-5-2)18-12-15-24-29-21-9-6-3/h7-9,19-21H,4-6,10-18,22-25H2,1-3,31H3. The van der Waals surface area contributed by atoms with Gasteiger partial charge >= 0.3 is 0 Å². The van der Waals surface area contributed by atoms with Crippen LogP contribution in [0.25, 0.3) is 0 Å². The second kappa shape index (κ2) is 23.5. The van der Waals surface area contributed by atoms with E-state index in [0.29, 0.717) is 0 Å². The average molecular weight is 455 g/mol. The monoisotopic (exact) mass is 454 g/mol. The van der Waals surface area contributed by atoms with Crippen LogP contribution in [0.3, 0.4) is 0 Å². The van der Waals surface area contributed by atoms with E-state index in [1.165, 1.54) is 38.5 Å². The Kier molecular flexibility index (Phi) is 22.5. The molecule has 0 aliphatic rings. The van der Waals surface area contributed by atoms with E-state index in [2.05, 4.69) is 39.0 Å². The Hall–Kier alpha value is -1.20. The van der Waals surface area contributed by atoms with E-state index in [-0.39, 0.29) is 5.41 Å². The molecule has 0 atom stereocenters. The zero-order valence-electron chi connectivity index (χ0n) is 20.9. The smallest absolute Gasteiger partial charge is 0.145 e. The second-order valence-electron chi connectivity index (χ2n) is 8.26. The van der Waals surface area contributed by atoms with Crippen molar-refractivity contribution in [2.24, 2.45) is 5.41 Å². The molecule has 0 aromatic heterocycles. The Morgan fingerprint density at radius 2 is 0.935 bits per heavy atom. The van der Waals surface area contributed by atoms with Gasteiger partial charge in [0.25, 0.3) is 0 Å². The Bertz CT molecular complexity index is 389. The normalized spacial score (nSPS) is 14.0. The largest absolute Gasteiger partial charge is 0.502 e. The van der Waals surface area contributed by atoms with Crippen molar-refractivity contribution < 1.29 is 18.6 Å².